The van der Waals surface area contributed by atoms with E-state index in [1.807, 2.05) is 45.0 Å². The maximum atomic E-state index is 12.3. The van der Waals surface area contributed by atoms with E-state index in [1.165, 1.54) is 19.2 Å². The van der Waals surface area contributed by atoms with Crippen LogP contribution in [0.5, 0.6) is 0 Å². The van der Waals surface area contributed by atoms with Crippen molar-refractivity contribution in [1.82, 2.24) is 29.8 Å². The highest BCUT2D eigenvalue weighted by Crippen LogP contribution is 2.19. The predicted molar refractivity (Wildman–Crippen MR) is 121 cm³/mol. The molecular formula is C22H22N8O2. The molecule has 1 aromatic carbocycles. The molecule has 3 heterocycles. The summed E-state index contributed by atoms with van der Waals surface area (Å²) in [5, 5.41) is 22.9. The highest BCUT2D eigenvalue weighted by molar-refractivity contribution is 6.02. The molecule has 4 rings (SSSR count). The van der Waals surface area contributed by atoms with Crippen LogP contribution in [-0.4, -0.2) is 35.7 Å². The fourth-order valence-electron chi connectivity index (χ4n) is 3.05. The summed E-state index contributed by atoms with van der Waals surface area (Å²) >= 11 is 0. The zero-order valence-electron chi connectivity index (χ0n) is 18.1. The molecule has 0 aliphatic carbocycles. The van der Waals surface area contributed by atoms with Crippen molar-refractivity contribution >= 4 is 23.1 Å². The van der Waals surface area contributed by atoms with Crippen molar-refractivity contribution in [3.8, 4) is 5.82 Å². The molecule has 2 N–H and O–H groups in total. The topological polar surface area (TPSA) is 120 Å². The van der Waals surface area contributed by atoms with Gasteiger partial charge in [-0.2, -0.15) is 10.2 Å². The first-order valence-electron chi connectivity index (χ1n) is 9.91. The quantitative estimate of drug-likeness (QED) is 0.499. The van der Waals surface area contributed by atoms with Gasteiger partial charge in [0.15, 0.2) is 11.6 Å². The molecule has 0 atom stereocenters. The Labute approximate surface area is 183 Å². The first kappa shape index (κ1) is 20.9. The van der Waals surface area contributed by atoms with Crippen LogP contribution in [0.4, 0.5) is 17.2 Å². The van der Waals surface area contributed by atoms with Gasteiger partial charge in [-0.15, -0.1) is 10.2 Å². The number of anilines is 3. The van der Waals surface area contributed by atoms with E-state index in [9.17, 15) is 9.59 Å². The molecule has 0 saturated heterocycles. The molecular weight excluding hydrogens is 408 g/mol. The number of rotatable bonds is 5. The molecule has 4 aromatic rings. The fourth-order valence-corrected chi connectivity index (χ4v) is 3.05. The van der Waals surface area contributed by atoms with Crippen LogP contribution < -0.4 is 16.2 Å². The second-order valence-electron chi connectivity index (χ2n) is 7.32. The van der Waals surface area contributed by atoms with Gasteiger partial charge in [0, 0.05) is 30.2 Å². The molecule has 0 spiro atoms. The van der Waals surface area contributed by atoms with E-state index in [2.05, 4.69) is 31.0 Å². The number of carbonyl (C=O) groups is 1. The van der Waals surface area contributed by atoms with Crippen LogP contribution in [0.1, 0.15) is 27.4 Å². The molecule has 0 fully saturated rings. The molecule has 0 bridgehead atoms. The number of nitrogens with one attached hydrogen (secondary N) is 2. The molecule has 0 saturated carbocycles. The maximum Gasteiger partial charge on any atom is 0.276 e. The van der Waals surface area contributed by atoms with E-state index < -0.39 is 5.91 Å². The third-order valence-corrected chi connectivity index (χ3v) is 5.13. The molecule has 0 unspecified atom stereocenters. The molecule has 0 aliphatic rings. The number of carbonyl (C=O) groups excluding carboxylic acids is 1. The van der Waals surface area contributed by atoms with Gasteiger partial charge in [-0.05, 0) is 68.8 Å². The van der Waals surface area contributed by atoms with E-state index in [1.54, 1.807) is 16.8 Å². The largest absolute Gasteiger partial charge is 0.339 e. The third-order valence-electron chi connectivity index (χ3n) is 5.13. The summed E-state index contributed by atoms with van der Waals surface area (Å²) in [6.07, 6.45) is 0. The summed E-state index contributed by atoms with van der Waals surface area (Å²) in [7, 11) is 1.49. The number of hydrogen-bond donors (Lipinski definition) is 2. The zero-order chi connectivity index (χ0) is 22.8. The Morgan fingerprint density at radius 2 is 1.59 bits per heavy atom. The molecule has 32 heavy (non-hydrogen) atoms. The number of aromatic nitrogens is 6. The van der Waals surface area contributed by atoms with Gasteiger partial charge in [0.05, 0.1) is 5.69 Å². The molecule has 10 nitrogen and oxygen atoms in total. The average molecular weight is 430 g/mol. The summed E-state index contributed by atoms with van der Waals surface area (Å²) < 4.78 is 2.89. The lowest BCUT2D eigenvalue weighted by atomic mass is 10.2. The smallest absolute Gasteiger partial charge is 0.276 e. The van der Waals surface area contributed by atoms with Gasteiger partial charge in [-0.25, -0.2) is 9.36 Å². The van der Waals surface area contributed by atoms with E-state index in [0.29, 0.717) is 17.3 Å². The Morgan fingerprint density at radius 1 is 0.875 bits per heavy atom. The van der Waals surface area contributed by atoms with Crippen molar-refractivity contribution < 1.29 is 4.79 Å². The van der Waals surface area contributed by atoms with Crippen molar-refractivity contribution in [1.29, 1.82) is 0 Å². The maximum absolute atomic E-state index is 12.3. The van der Waals surface area contributed by atoms with Crippen LogP contribution in [0, 0.1) is 20.8 Å². The van der Waals surface area contributed by atoms with Crippen molar-refractivity contribution in [2.45, 2.75) is 20.8 Å². The van der Waals surface area contributed by atoms with Gasteiger partial charge in [0.1, 0.15) is 5.69 Å². The lowest BCUT2D eigenvalue weighted by molar-refractivity contribution is 0.102. The average Bonchev–Trinajstić information content (AvgIpc) is 3.05. The van der Waals surface area contributed by atoms with Crippen LogP contribution in [0.25, 0.3) is 5.82 Å². The lowest BCUT2D eigenvalue weighted by Crippen LogP contribution is -2.23. The molecule has 3 aromatic heterocycles. The van der Waals surface area contributed by atoms with Gasteiger partial charge in [0.25, 0.3) is 11.5 Å². The summed E-state index contributed by atoms with van der Waals surface area (Å²) in [5.41, 5.74) is 4.38. The standard InChI is InChI=1S/C22H22N8O2/c1-13-14(2)27-30(15(13)3)20-11-10-19(25-26-20)23-16-5-7-17(8-6-16)24-22(32)18-9-12-21(31)29(4)28-18/h5-12H,1-4H3,(H,23,25)(H,24,32). The van der Waals surface area contributed by atoms with E-state index >= 15 is 0 Å². The first-order chi connectivity index (χ1) is 15.3. The van der Waals surface area contributed by atoms with Gasteiger partial charge in [-0.1, -0.05) is 0 Å². The molecule has 0 aliphatic heterocycles. The van der Waals surface area contributed by atoms with E-state index in [0.717, 1.165) is 27.3 Å². The van der Waals surface area contributed by atoms with Crippen molar-refractivity contribution in [2.75, 3.05) is 10.6 Å². The Morgan fingerprint density at radius 3 is 2.19 bits per heavy atom. The van der Waals surface area contributed by atoms with Crippen LogP contribution in [0.3, 0.4) is 0 Å². The van der Waals surface area contributed by atoms with E-state index in [4.69, 9.17) is 0 Å². The highest BCUT2D eigenvalue weighted by atomic mass is 16.2. The Kier molecular flexibility index (Phi) is 5.50. The highest BCUT2D eigenvalue weighted by Gasteiger charge is 2.11. The predicted octanol–water partition coefficient (Wildman–Crippen LogP) is 2.68. The summed E-state index contributed by atoms with van der Waals surface area (Å²) in [5.74, 6) is 0.828. The summed E-state index contributed by atoms with van der Waals surface area (Å²) in [6, 6.07) is 13.5. The third kappa shape index (κ3) is 4.24. The van der Waals surface area contributed by atoms with Crippen molar-refractivity contribution in [2.24, 2.45) is 7.05 Å². The number of hydrogen-bond acceptors (Lipinski definition) is 7. The minimum atomic E-state index is -0.401. The van der Waals surface area contributed by atoms with Crippen molar-refractivity contribution in [3.63, 3.8) is 0 Å². The molecule has 1 amide bonds. The minimum absolute atomic E-state index is 0.155. The zero-order valence-corrected chi connectivity index (χ0v) is 18.1. The van der Waals surface area contributed by atoms with Gasteiger partial charge in [0.2, 0.25) is 0 Å². The fraction of sp³-hybridized carbons (Fsp3) is 0.182. The SMILES string of the molecule is Cc1nn(-c2ccc(Nc3ccc(NC(=O)c4ccc(=O)n(C)n4)cc3)nn2)c(C)c1C. The summed E-state index contributed by atoms with van der Waals surface area (Å²) in [4.78, 5) is 23.7. The van der Waals surface area contributed by atoms with Crippen LogP contribution in [0.2, 0.25) is 0 Å². The molecule has 0 radical (unpaired) electrons. The first-order valence-corrected chi connectivity index (χ1v) is 9.91. The monoisotopic (exact) mass is 430 g/mol. The van der Waals surface area contributed by atoms with Gasteiger partial charge >= 0.3 is 0 Å². The number of benzene rings is 1. The molecule has 162 valence electrons. The normalized spacial score (nSPS) is 10.8. The van der Waals surface area contributed by atoms with Crippen LogP contribution in [0.15, 0.2) is 53.3 Å². The minimum Gasteiger partial charge on any atom is -0.339 e. The summed E-state index contributed by atoms with van der Waals surface area (Å²) in [6.45, 7) is 5.99. The van der Waals surface area contributed by atoms with Gasteiger partial charge in [-0.3, -0.25) is 9.59 Å². The van der Waals surface area contributed by atoms with E-state index in [-0.39, 0.29) is 11.3 Å². The second kappa shape index (κ2) is 8.42. The van der Waals surface area contributed by atoms with Crippen molar-refractivity contribution in [3.05, 3.63) is 81.5 Å². The lowest BCUT2D eigenvalue weighted by Gasteiger charge is -2.09. The van der Waals surface area contributed by atoms with Gasteiger partial charge < -0.3 is 10.6 Å². The number of nitrogens with zero attached hydrogens (tertiary/aromatic N) is 6. The second-order valence-corrected chi connectivity index (χ2v) is 7.32. The Balaban J connectivity index is 1.42. The number of amides is 1. The Hall–Kier alpha value is -4.34. The van der Waals surface area contributed by atoms with Crippen LogP contribution >= 0.6 is 0 Å². The number of aryl methyl sites for hydroxylation is 2. The Bertz CT molecular complexity index is 1340. The molecule has 10 heteroatoms. The van der Waals surface area contributed by atoms with Crippen LogP contribution in [-0.2, 0) is 7.05 Å².